The zero-order chi connectivity index (χ0) is 32.9. The van der Waals surface area contributed by atoms with E-state index in [4.69, 9.17) is 5.73 Å². The summed E-state index contributed by atoms with van der Waals surface area (Å²) in [5.41, 5.74) is 4.44. The number of likely N-dealkylation sites (tertiary alicyclic amines) is 1. The standard InChI is InChI=1S/C32H47N5O7S/c1-32(2,3)27(31(42)37-18-10-15-24(37)29(40)34-23(19-20-16-17-20)26(38)28(33)39)35-30(41)25(21-11-6-4-7-12-21)36-45(43,44)22-13-8-5-9-14-22/h5,8-9,13-14,20-21,23-25,27,36H,4,6-7,10-12,15-19H2,1-3H3,(H2,33,39)(H,34,40)(H,35,41)/t23?,24-,25-,27+/m0/s1. The average Bonchev–Trinajstić information content (AvgIpc) is 3.68. The van der Waals surface area contributed by atoms with E-state index in [2.05, 4.69) is 15.4 Å². The maximum Gasteiger partial charge on any atom is 0.287 e. The molecule has 1 saturated heterocycles. The van der Waals surface area contributed by atoms with Gasteiger partial charge in [0, 0.05) is 6.54 Å². The molecule has 1 aliphatic heterocycles. The maximum absolute atomic E-state index is 14.1. The van der Waals surface area contributed by atoms with Crippen LogP contribution in [0.15, 0.2) is 35.2 Å². The van der Waals surface area contributed by atoms with Crippen molar-refractivity contribution in [1.82, 2.24) is 20.3 Å². The van der Waals surface area contributed by atoms with Gasteiger partial charge in [-0.05, 0) is 61.5 Å². The molecule has 1 heterocycles. The number of hydrogen-bond acceptors (Lipinski definition) is 7. The number of nitrogens with two attached hydrogens (primary N) is 1. The number of carbonyl (C=O) groups is 5. The summed E-state index contributed by atoms with van der Waals surface area (Å²) in [6, 6.07) is 3.75. The molecule has 4 amide bonds. The number of benzene rings is 1. The largest absolute Gasteiger partial charge is 0.363 e. The van der Waals surface area contributed by atoms with Crippen LogP contribution in [0.3, 0.4) is 0 Å². The van der Waals surface area contributed by atoms with E-state index in [1.807, 2.05) is 0 Å². The third kappa shape index (κ3) is 8.90. The van der Waals surface area contributed by atoms with Gasteiger partial charge in [-0.25, -0.2) is 8.42 Å². The number of hydrogen-bond donors (Lipinski definition) is 4. The molecule has 0 aromatic heterocycles. The predicted octanol–water partition coefficient (Wildman–Crippen LogP) is 1.78. The Hall–Kier alpha value is -3.32. The molecule has 4 atom stereocenters. The molecule has 5 N–H and O–H groups in total. The van der Waals surface area contributed by atoms with Crippen LogP contribution < -0.4 is 21.1 Å². The first kappa shape index (κ1) is 34.6. The zero-order valence-corrected chi connectivity index (χ0v) is 27.2. The van der Waals surface area contributed by atoms with Crippen molar-refractivity contribution in [3.8, 4) is 0 Å². The fraction of sp³-hybridized carbons (Fsp3) is 0.656. The van der Waals surface area contributed by atoms with E-state index < -0.39 is 69.0 Å². The second-order valence-electron chi connectivity index (χ2n) is 13.8. The van der Waals surface area contributed by atoms with Crippen LogP contribution in [0.4, 0.5) is 0 Å². The van der Waals surface area contributed by atoms with E-state index >= 15 is 0 Å². The lowest BCUT2D eigenvalue weighted by Crippen LogP contribution is -2.61. The fourth-order valence-corrected chi connectivity index (χ4v) is 7.66. The molecular weight excluding hydrogens is 598 g/mol. The Morgan fingerprint density at radius 1 is 0.911 bits per heavy atom. The Labute approximate surface area is 265 Å². The molecule has 4 rings (SSSR count). The Bertz CT molecular complexity index is 1370. The van der Waals surface area contributed by atoms with Crippen LogP contribution in [-0.2, 0) is 34.0 Å². The summed E-state index contributed by atoms with van der Waals surface area (Å²) in [6.07, 6.45) is 7.10. The Morgan fingerprint density at radius 3 is 2.13 bits per heavy atom. The van der Waals surface area contributed by atoms with Crippen molar-refractivity contribution in [2.45, 2.75) is 114 Å². The minimum Gasteiger partial charge on any atom is -0.363 e. The van der Waals surface area contributed by atoms with E-state index in [1.165, 1.54) is 17.0 Å². The molecular formula is C32H47N5O7S. The molecule has 1 aromatic rings. The summed E-state index contributed by atoms with van der Waals surface area (Å²) in [6.45, 7) is 5.65. The van der Waals surface area contributed by atoms with Crippen molar-refractivity contribution in [3.05, 3.63) is 30.3 Å². The van der Waals surface area contributed by atoms with Gasteiger partial charge >= 0.3 is 0 Å². The molecule has 12 nitrogen and oxygen atoms in total. The van der Waals surface area contributed by atoms with E-state index in [0.29, 0.717) is 32.1 Å². The van der Waals surface area contributed by atoms with Gasteiger partial charge in [-0.15, -0.1) is 0 Å². The summed E-state index contributed by atoms with van der Waals surface area (Å²) in [4.78, 5) is 67.0. The third-order valence-corrected chi connectivity index (χ3v) is 10.6. The molecule has 3 aliphatic rings. The summed E-state index contributed by atoms with van der Waals surface area (Å²) >= 11 is 0. The smallest absolute Gasteiger partial charge is 0.287 e. The summed E-state index contributed by atoms with van der Waals surface area (Å²) in [5.74, 6) is -3.60. The predicted molar refractivity (Wildman–Crippen MR) is 167 cm³/mol. The van der Waals surface area contributed by atoms with Crippen molar-refractivity contribution in [1.29, 1.82) is 0 Å². The van der Waals surface area contributed by atoms with Crippen LogP contribution in [0.25, 0.3) is 0 Å². The normalized spacial score (nSPS) is 21.4. The highest BCUT2D eigenvalue weighted by atomic mass is 32.2. The summed E-state index contributed by atoms with van der Waals surface area (Å²) in [5, 5.41) is 5.54. The highest BCUT2D eigenvalue weighted by molar-refractivity contribution is 7.89. The van der Waals surface area contributed by atoms with Crippen LogP contribution >= 0.6 is 0 Å². The quantitative estimate of drug-likeness (QED) is 0.236. The molecule has 1 unspecified atom stereocenters. The van der Waals surface area contributed by atoms with Gasteiger partial charge in [-0.1, -0.05) is 71.1 Å². The van der Waals surface area contributed by atoms with Crippen LogP contribution in [-0.4, -0.2) is 73.4 Å². The number of nitrogens with one attached hydrogen (secondary N) is 3. The van der Waals surface area contributed by atoms with E-state index in [0.717, 1.165) is 32.1 Å². The highest BCUT2D eigenvalue weighted by Crippen LogP contribution is 2.34. The number of rotatable bonds is 13. The van der Waals surface area contributed by atoms with Gasteiger partial charge in [0.2, 0.25) is 33.5 Å². The number of primary amides is 1. The number of Topliss-reactive ketones (excluding diaryl/α,β-unsaturated/α-hetero) is 1. The third-order valence-electron chi connectivity index (χ3n) is 9.12. The van der Waals surface area contributed by atoms with Crippen molar-refractivity contribution in [3.63, 3.8) is 0 Å². The van der Waals surface area contributed by atoms with Crippen molar-refractivity contribution in [2.24, 2.45) is 23.0 Å². The zero-order valence-electron chi connectivity index (χ0n) is 26.4. The van der Waals surface area contributed by atoms with E-state index in [1.54, 1.807) is 39.0 Å². The van der Waals surface area contributed by atoms with E-state index in [9.17, 15) is 32.4 Å². The van der Waals surface area contributed by atoms with Crippen LogP contribution in [0, 0.1) is 17.3 Å². The highest BCUT2D eigenvalue weighted by Gasteiger charge is 2.44. The number of carbonyl (C=O) groups excluding carboxylic acids is 5. The van der Waals surface area contributed by atoms with E-state index in [-0.39, 0.29) is 23.3 Å². The van der Waals surface area contributed by atoms with Gasteiger partial charge in [-0.2, -0.15) is 4.72 Å². The number of sulfonamides is 1. The van der Waals surface area contributed by atoms with Crippen molar-refractivity contribution in [2.75, 3.05) is 6.54 Å². The Kier molecular flexibility index (Phi) is 11.1. The molecule has 0 spiro atoms. The van der Waals surface area contributed by atoms with Crippen molar-refractivity contribution < 1.29 is 32.4 Å². The summed E-state index contributed by atoms with van der Waals surface area (Å²) in [7, 11) is -4.03. The van der Waals surface area contributed by atoms with Gasteiger partial charge in [-0.3, -0.25) is 24.0 Å². The Balaban J connectivity index is 1.53. The minimum atomic E-state index is -4.03. The lowest BCUT2D eigenvalue weighted by atomic mass is 9.82. The second kappa shape index (κ2) is 14.4. The fourth-order valence-electron chi connectivity index (χ4n) is 6.37. The van der Waals surface area contributed by atoms with Crippen molar-refractivity contribution >= 4 is 39.4 Å². The van der Waals surface area contributed by atoms with Crippen LogP contribution in [0.2, 0.25) is 0 Å². The first-order valence-corrected chi connectivity index (χ1v) is 17.5. The topological polar surface area (TPSA) is 185 Å². The van der Waals surface area contributed by atoms with Gasteiger partial charge in [0.15, 0.2) is 0 Å². The van der Waals surface area contributed by atoms with Gasteiger partial charge < -0.3 is 21.3 Å². The first-order chi connectivity index (χ1) is 21.2. The van der Waals surface area contributed by atoms with Crippen LogP contribution in [0.1, 0.15) is 85.0 Å². The molecule has 13 heteroatoms. The lowest BCUT2D eigenvalue weighted by molar-refractivity contribution is -0.145. The van der Waals surface area contributed by atoms with Crippen LogP contribution in [0.5, 0.6) is 0 Å². The molecule has 248 valence electrons. The SMILES string of the molecule is CC(C)(C)[C@H](NC(=O)[C@@H](NS(=O)(=O)c1ccccc1)C1CCCCC1)C(=O)N1CCC[C@H]1C(=O)NC(CC1CC1)C(=O)C(N)=O. The van der Waals surface area contributed by atoms with Gasteiger partial charge in [0.05, 0.1) is 10.9 Å². The maximum atomic E-state index is 14.1. The molecule has 2 saturated carbocycles. The molecule has 3 fully saturated rings. The monoisotopic (exact) mass is 645 g/mol. The summed E-state index contributed by atoms with van der Waals surface area (Å²) < 4.78 is 29.3. The number of nitrogens with zero attached hydrogens (tertiary/aromatic N) is 1. The molecule has 0 radical (unpaired) electrons. The molecule has 1 aromatic carbocycles. The first-order valence-electron chi connectivity index (χ1n) is 16.0. The Morgan fingerprint density at radius 2 is 1.56 bits per heavy atom. The van der Waals surface area contributed by atoms with Gasteiger partial charge in [0.25, 0.3) is 5.91 Å². The minimum absolute atomic E-state index is 0.0442. The number of amides is 4. The average molecular weight is 646 g/mol. The molecule has 0 bridgehead atoms. The number of ketones is 1. The van der Waals surface area contributed by atoms with Gasteiger partial charge in [0.1, 0.15) is 18.1 Å². The molecule has 45 heavy (non-hydrogen) atoms. The lowest BCUT2D eigenvalue weighted by Gasteiger charge is -2.37. The molecule has 2 aliphatic carbocycles. The second-order valence-corrected chi connectivity index (χ2v) is 15.5.